The molecule has 0 aromatic heterocycles. The Bertz CT molecular complexity index is 437. The molecule has 0 bridgehead atoms. The molecule has 2 rings (SSSR count). The van der Waals surface area contributed by atoms with Gasteiger partial charge in [-0.3, -0.25) is 4.79 Å². The van der Waals surface area contributed by atoms with Crippen LogP contribution in [-0.2, 0) is 11.2 Å². The van der Waals surface area contributed by atoms with E-state index < -0.39 is 5.97 Å². The van der Waals surface area contributed by atoms with E-state index in [4.69, 9.17) is 4.74 Å². The lowest BCUT2D eigenvalue weighted by Gasteiger charge is -2.19. The lowest BCUT2D eigenvalue weighted by atomic mass is 9.99. The maximum Gasteiger partial charge on any atom is 0.337 e. The van der Waals surface area contributed by atoms with Crippen molar-refractivity contribution in [2.45, 2.75) is 12.8 Å². The van der Waals surface area contributed by atoms with E-state index in [0.717, 1.165) is 18.4 Å². The Morgan fingerprint density at radius 3 is 3.00 bits per heavy atom. The third-order valence-electron chi connectivity index (χ3n) is 2.58. The molecular formula is C12H12O4. The van der Waals surface area contributed by atoms with Gasteiger partial charge in [-0.05, 0) is 30.5 Å². The van der Waals surface area contributed by atoms with Gasteiger partial charge in [0, 0.05) is 0 Å². The maximum atomic E-state index is 11.4. The quantitative estimate of drug-likeness (QED) is 0.561. The molecule has 1 aromatic rings. The van der Waals surface area contributed by atoms with Crippen LogP contribution in [0.3, 0.4) is 0 Å². The van der Waals surface area contributed by atoms with Crippen LogP contribution in [0.5, 0.6) is 5.75 Å². The second-order valence-corrected chi connectivity index (χ2v) is 3.62. The van der Waals surface area contributed by atoms with Crippen molar-refractivity contribution in [1.29, 1.82) is 0 Å². The van der Waals surface area contributed by atoms with E-state index in [1.54, 1.807) is 6.07 Å². The molecule has 0 radical (unpaired) electrons. The molecule has 0 saturated heterocycles. The lowest BCUT2D eigenvalue weighted by molar-refractivity contribution is 0.0600. The number of fused-ring (bicyclic) bond motifs is 1. The number of carbonyl (C=O) groups excluding carboxylic acids is 2. The highest BCUT2D eigenvalue weighted by Crippen LogP contribution is 2.29. The van der Waals surface area contributed by atoms with Crippen molar-refractivity contribution in [1.82, 2.24) is 0 Å². The highest BCUT2D eigenvalue weighted by molar-refractivity contribution is 5.93. The Hall–Kier alpha value is -1.84. The van der Waals surface area contributed by atoms with Crippen molar-refractivity contribution in [3.8, 4) is 5.75 Å². The Kier molecular flexibility index (Phi) is 2.90. The van der Waals surface area contributed by atoms with Crippen LogP contribution in [0, 0.1) is 0 Å². The van der Waals surface area contributed by atoms with Crippen LogP contribution in [0.25, 0.3) is 0 Å². The van der Waals surface area contributed by atoms with Crippen LogP contribution >= 0.6 is 0 Å². The second kappa shape index (κ2) is 4.35. The van der Waals surface area contributed by atoms with Crippen LogP contribution in [-0.4, -0.2) is 26.0 Å². The molecule has 4 nitrogen and oxygen atoms in total. The first-order valence-electron chi connectivity index (χ1n) is 5.09. The van der Waals surface area contributed by atoms with Crippen LogP contribution < -0.4 is 4.74 Å². The van der Waals surface area contributed by atoms with Gasteiger partial charge in [0.15, 0.2) is 6.29 Å². The molecular weight excluding hydrogens is 208 g/mol. The van der Waals surface area contributed by atoms with Crippen molar-refractivity contribution >= 4 is 12.3 Å². The summed E-state index contributed by atoms with van der Waals surface area (Å²) < 4.78 is 10.1. The summed E-state index contributed by atoms with van der Waals surface area (Å²) in [6.45, 7) is 0.616. The van der Waals surface area contributed by atoms with E-state index >= 15 is 0 Å². The molecule has 0 unspecified atom stereocenters. The normalized spacial score (nSPS) is 13.6. The number of rotatable bonds is 2. The average Bonchev–Trinajstić information content (AvgIpc) is 2.36. The summed E-state index contributed by atoms with van der Waals surface area (Å²) in [4.78, 5) is 22.3. The second-order valence-electron chi connectivity index (χ2n) is 3.62. The summed E-state index contributed by atoms with van der Waals surface area (Å²) in [5.74, 6) is 0.172. The number of methoxy groups -OCH3 is 1. The first-order chi connectivity index (χ1) is 7.76. The first kappa shape index (κ1) is 10.7. The topological polar surface area (TPSA) is 52.6 Å². The summed E-state index contributed by atoms with van der Waals surface area (Å²) in [7, 11) is 1.32. The minimum absolute atomic E-state index is 0.397. The van der Waals surface area contributed by atoms with E-state index in [2.05, 4.69) is 4.74 Å². The van der Waals surface area contributed by atoms with E-state index in [1.807, 2.05) is 0 Å². The van der Waals surface area contributed by atoms with E-state index in [0.29, 0.717) is 29.8 Å². The van der Waals surface area contributed by atoms with Gasteiger partial charge >= 0.3 is 5.97 Å². The number of esters is 1. The molecule has 0 fully saturated rings. The van der Waals surface area contributed by atoms with Gasteiger partial charge in [-0.15, -0.1) is 0 Å². The van der Waals surface area contributed by atoms with Crippen LogP contribution in [0.4, 0.5) is 0 Å². The van der Waals surface area contributed by atoms with Crippen LogP contribution in [0.2, 0.25) is 0 Å². The van der Waals surface area contributed by atoms with Crippen molar-refractivity contribution in [2.75, 3.05) is 13.7 Å². The number of ether oxygens (including phenoxy) is 2. The molecule has 84 valence electrons. The fraction of sp³-hybridized carbons (Fsp3) is 0.333. The van der Waals surface area contributed by atoms with Crippen molar-refractivity contribution in [2.24, 2.45) is 0 Å². The summed E-state index contributed by atoms with van der Waals surface area (Å²) >= 11 is 0. The van der Waals surface area contributed by atoms with Gasteiger partial charge in [0.05, 0.1) is 24.8 Å². The van der Waals surface area contributed by atoms with Crippen LogP contribution in [0.15, 0.2) is 12.1 Å². The highest BCUT2D eigenvalue weighted by atomic mass is 16.5. The molecule has 1 heterocycles. The van der Waals surface area contributed by atoms with Gasteiger partial charge in [0.2, 0.25) is 0 Å². The molecule has 0 aliphatic carbocycles. The zero-order valence-electron chi connectivity index (χ0n) is 8.99. The molecule has 1 aromatic carbocycles. The monoisotopic (exact) mass is 220 g/mol. The van der Waals surface area contributed by atoms with E-state index in [9.17, 15) is 9.59 Å². The van der Waals surface area contributed by atoms with Gasteiger partial charge in [0.25, 0.3) is 0 Å². The van der Waals surface area contributed by atoms with Gasteiger partial charge in [-0.25, -0.2) is 4.79 Å². The number of aldehydes is 1. The molecule has 0 atom stereocenters. The minimum Gasteiger partial charge on any atom is -0.493 e. The molecule has 0 spiro atoms. The number of carbonyl (C=O) groups is 2. The van der Waals surface area contributed by atoms with Crippen LogP contribution in [0.1, 0.15) is 32.7 Å². The highest BCUT2D eigenvalue weighted by Gasteiger charge is 2.18. The number of benzene rings is 1. The van der Waals surface area contributed by atoms with Gasteiger partial charge in [-0.2, -0.15) is 0 Å². The van der Waals surface area contributed by atoms with E-state index in [1.165, 1.54) is 13.2 Å². The van der Waals surface area contributed by atoms with Gasteiger partial charge in [-0.1, -0.05) is 0 Å². The molecule has 0 saturated carbocycles. The van der Waals surface area contributed by atoms with Crippen molar-refractivity contribution < 1.29 is 19.1 Å². The Labute approximate surface area is 93.2 Å². The summed E-state index contributed by atoms with van der Waals surface area (Å²) in [5, 5.41) is 0. The third-order valence-corrected chi connectivity index (χ3v) is 2.58. The van der Waals surface area contributed by atoms with Crippen molar-refractivity contribution in [3.05, 3.63) is 28.8 Å². The SMILES string of the molecule is COC(=O)c1cc(C=O)c2c(c1)CCCO2. The summed E-state index contributed by atoms with van der Waals surface area (Å²) in [6.07, 6.45) is 2.42. The van der Waals surface area contributed by atoms with Gasteiger partial charge in [0.1, 0.15) is 5.75 Å². The zero-order chi connectivity index (χ0) is 11.5. The largest absolute Gasteiger partial charge is 0.493 e. The Morgan fingerprint density at radius 1 is 1.50 bits per heavy atom. The number of hydrogen-bond donors (Lipinski definition) is 0. The maximum absolute atomic E-state index is 11.4. The number of aryl methyl sites for hydroxylation is 1. The van der Waals surface area contributed by atoms with Gasteiger partial charge < -0.3 is 9.47 Å². The average molecular weight is 220 g/mol. The predicted octanol–water partition coefficient (Wildman–Crippen LogP) is 1.61. The summed E-state index contributed by atoms with van der Waals surface area (Å²) in [6, 6.07) is 3.23. The fourth-order valence-electron chi connectivity index (χ4n) is 1.84. The minimum atomic E-state index is -0.434. The standard InChI is InChI=1S/C12H12O4/c1-15-12(14)9-5-8-3-2-4-16-11(8)10(6-9)7-13/h5-7H,2-4H2,1H3. The number of hydrogen-bond acceptors (Lipinski definition) is 4. The van der Waals surface area contributed by atoms with E-state index in [-0.39, 0.29) is 0 Å². The summed E-state index contributed by atoms with van der Waals surface area (Å²) in [5.41, 5.74) is 1.71. The predicted molar refractivity (Wildman–Crippen MR) is 57.0 cm³/mol. The fourth-order valence-corrected chi connectivity index (χ4v) is 1.84. The molecule has 1 aliphatic rings. The molecule has 4 heteroatoms. The smallest absolute Gasteiger partial charge is 0.337 e. The molecule has 16 heavy (non-hydrogen) atoms. The van der Waals surface area contributed by atoms with Crippen molar-refractivity contribution in [3.63, 3.8) is 0 Å². The Morgan fingerprint density at radius 2 is 2.31 bits per heavy atom. The first-order valence-corrected chi connectivity index (χ1v) is 5.09. The Balaban J connectivity index is 2.51. The lowest BCUT2D eigenvalue weighted by Crippen LogP contribution is -2.12. The molecule has 0 amide bonds. The molecule has 0 N–H and O–H groups in total. The third kappa shape index (κ3) is 1.78. The zero-order valence-corrected chi connectivity index (χ0v) is 8.99. The molecule has 1 aliphatic heterocycles.